The lowest BCUT2D eigenvalue weighted by atomic mass is 10.2. The maximum absolute atomic E-state index is 9.93. The van der Waals surface area contributed by atoms with Crippen LogP contribution < -0.4 is 5.73 Å². The molecule has 10 heteroatoms. The fourth-order valence-electron chi connectivity index (χ4n) is 2.39. The smallest absolute Gasteiger partial charge is 0.223 e. The lowest BCUT2D eigenvalue weighted by molar-refractivity contribution is -0.0432. The van der Waals surface area contributed by atoms with Crippen molar-refractivity contribution in [2.24, 2.45) is 0 Å². The first kappa shape index (κ1) is 17.7. The number of hydrogen-bond acceptors (Lipinski definition) is 9. The van der Waals surface area contributed by atoms with Gasteiger partial charge in [0.15, 0.2) is 5.65 Å². The van der Waals surface area contributed by atoms with Gasteiger partial charge in [-0.15, -0.1) is 0 Å². The molecule has 2 aromatic heterocycles. The summed E-state index contributed by atoms with van der Waals surface area (Å²) in [6.45, 7) is 6.13. The summed E-state index contributed by atoms with van der Waals surface area (Å²) in [6, 6.07) is 0. The molecule has 0 radical (unpaired) electrons. The average Bonchev–Trinajstić information content (AvgIpc) is 3.06. The van der Waals surface area contributed by atoms with Crippen LogP contribution in [-0.2, 0) is 4.74 Å². The van der Waals surface area contributed by atoms with E-state index in [9.17, 15) is 10.2 Å². The monoisotopic (exact) mass is 371 g/mol. The highest BCUT2D eigenvalue weighted by molar-refractivity contribution is 8.77. The minimum atomic E-state index is -0.720. The number of aliphatic hydroxyl groups is 2. The number of rotatable bonds is 4. The van der Waals surface area contributed by atoms with E-state index in [2.05, 4.69) is 35.7 Å². The zero-order chi connectivity index (χ0) is 17.5. The van der Waals surface area contributed by atoms with E-state index in [1.54, 1.807) is 21.7 Å². The van der Waals surface area contributed by atoms with E-state index >= 15 is 0 Å². The van der Waals surface area contributed by atoms with E-state index < -0.39 is 18.4 Å². The molecule has 2 aromatic rings. The third kappa shape index (κ3) is 3.62. The highest BCUT2D eigenvalue weighted by Crippen LogP contribution is 2.42. The summed E-state index contributed by atoms with van der Waals surface area (Å²) in [4.78, 5) is 13.0. The normalized spacial score (nSPS) is 24.8. The molecule has 4 N–H and O–H groups in total. The molecule has 1 aliphatic heterocycles. The molecule has 1 fully saturated rings. The Balaban J connectivity index is 1.93. The summed E-state index contributed by atoms with van der Waals surface area (Å²) in [5.74, 6) is 0.165. The molecule has 8 nitrogen and oxygen atoms in total. The minimum absolute atomic E-state index is 0.0618. The van der Waals surface area contributed by atoms with Crippen LogP contribution in [0.4, 0.5) is 5.95 Å². The van der Waals surface area contributed by atoms with Crippen molar-refractivity contribution < 1.29 is 14.9 Å². The number of nitrogens with two attached hydrogens (primary N) is 1. The molecule has 1 aliphatic rings. The molecule has 132 valence electrons. The number of aliphatic hydroxyl groups excluding tert-OH is 2. The fourth-order valence-corrected chi connectivity index (χ4v) is 4.41. The SMILES string of the molecule is CC(C)(C)SSc1nc(N)nc2c1ncn2C1C[C@H](O)C(CO)O1. The summed E-state index contributed by atoms with van der Waals surface area (Å²) in [7, 11) is 3.19. The molecule has 1 saturated heterocycles. The van der Waals surface area contributed by atoms with Gasteiger partial charge in [0.1, 0.15) is 22.9 Å². The van der Waals surface area contributed by atoms with Crippen LogP contribution in [0.3, 0.4) is 0 Å². The number of ether oxygens (including phenoxy) is 1. The molecule has 0 amide bonds. The van der Waals surface area contributed by atoms with E-state index in [0.29, 0.717) is 22.6 Å². The molecule has 3 heterocycles. The summed E-state index contributed by atoms with van der Waals surface area (Å²) in [5, 5.41) is 19.9. The maximum atomic E-state index is 9.93. The van der Waals surface area contributed by atoms with E-state index in [-0.39, 0.29) is 17.3 Å². The topological polar surface area (TPSA) is 119 Å². The number of anilines is 1. The molecule has 0 bridgehead atoms. The first-order valence-electron chi connectivity index (χ1n) is 7.58. The van der Waals surface area contributed by atoms with E-state index in [0.717, 1.165) is 0 Å². The zero-order valence-corrected chi connectivity index (χ0v) is 15.3. The standard InChI is InChI=1S/C14H21N5O3S2/c1-14(2,3)24-23-12-10-11(17-13(15)18-12)19(6-16-10)9-4-7(21)8(5-20)22-9/h6-9,20-21H,4-5H2,1-3H3,(H2,15,17,18)/t7-,8?,9?/m0/s1. The van der Waals surface area contributed by atoms with E-state index in [1.165, 1.54) is 10.8 Å². The lowest BCUT2D eigenvalue weighted by Crippen LogP contribution is -2.24. The third-order valence-electron chi connectivity index (χ3n) is 3.47. The summed E-state index contributed by atoms with van der Waals surface area (Å²) < 4.78 is 7.48. The predicted octanol–water partition coefficient (Wildman–Crippen LogP) is 1.59. The van der Waals surface area contributed by atoms with Gasteiger partial charge in [-0.2, -0.15) is 4.98 Å². The Morgan fingerprint density at radius 1 is 1.42 bits per heavy atom. The first-order valence-corrected chi connectivity index (χ1v) is 9.73. The molecule has 3 atom stereocenters. The van der Waals surface area contributed by atoms with Crippen LogP contribution in [0.2, 0.25) is 0 Å². The second-order valence-electron chi connectivity index (χ2n) is 6.60. The Kier molecular flexibility index (Phi) is 4.94. The minimum Gasteiger partial charge on any atom is -0.394 e. The van der Waals surface area contributed by atoms with Crippen molar-refractivity contribution in [3.8, 4) is 0 Å². The maximum Gasteiger partial charge on any atom is 0.223 e. The van der Waals surface area contributed by atoms with Crippen LogP contribution >= 0.6 is 21.6 Å². The van der Waals surface area contributed by atoms with Crippen LogP contribution in [0.5, 0.6) is 0 Å². The van der Waals surface area contributed by atoms with E-state index in [4.69, 9.17) is 10.5 Å². The molecule has 0 saturated carbocycles. The largest absolute Gasteiger partial charge is 0.394 e. The Morgan fingerprint density at radius 3 is 2.79 bits per heavy atom. The quantitative estimate of drug-likeness (QED) is 0.543. The van der Waals surface area contributed by atoms with Gasteiger partial charge < -0.3 is 20.7 Å². The summed E-state index contributed by atoms with van der Waals surface area (Å²) in [6.07, 6.45) is 0.213. The van der Waals surface area contributed by atoms with E-state index in [1.807, 2.05) is 0 Å². The lowest BCUT2D eigenvalue weighted by Gasteiger charge is -2.16. The molecule has 24 heavy (non-hydrogen) atoms. The van der Waals surface area contributed by atoms with Gasteiger partial charge in [-0.3, -0.25) is 4.57 Å². The van der Waals surface area contributed by atoms with Crippen molar-refractivity contribution in [2.75, 3.05) is 12.3 Å². The van der Waals surface area contributed by atoms with Crippen LogP contribution in [0.15, 0.2) is 11.4 Å². The predicted molar refractivity (Wildman–Crippen MR) is 94.6 cm³/mol. The number of nitrogens with zero attached hydrogens (tertiary/aromatic N) is 4. The number of aromatic nitrogens is 4. The van der Waals surface area contributed by atoms with Gasteiger partial charge in [0, 0.05) is 11.2 Å². The Labute approximate surface area is 147 Å². The highest BCUT2D eigenvalue weighted by atomic mass is 33.1. The van der Waals surface area contributed by atoms with Crippen molar-refractivity contribution >= 4 is 38.7 Å². The van der Waals surface area contributed by atoms with Gasteiger partial charge >= 0.3 is 0 Å². The molecule has 3 rings (SSSR count). The molecular formula is C14H21N5O3S2. The molecule has 0 spiro atoms. The van der Waals surface area contributed by atoms with Gasteiger partial charge in [0.2, 0.25) is 5.95 Å². The Bertz CT molecular complexity index is 733. The van der Waals surface area contributed by atoms with Crippen molar-refractivity contribution in [1.29, 1.82) is 0 Å². The fraction of sp³-hybridized carbons (Fsp3) is 0.643. The van der Waals surface area contributed by atoms with Gasteiger partial charge in [-0.05, 0) is 10.8 Å². The van der Waals surface area contributed by atoms with Crippen LogP contribution in [0.1, 0.15) is 33.4 Å². The first-order chi connectivity index (χ1) is 11.3. The second-order valence-corrected chi connectivity index (χ2v) is 9.55. The number of nitrogen functional groups attached to an aromatic ring is 1. The van der Waals surface area contributed by atoms with Crippen LogP contribution in [0, 0.1) is 0 Å². The second kappa shape index (κ2) is 6.68. The highest BCUT2D eigenvalue weighted by Gasteiger charge is 2.35. The number of imidazole rings is 1. The van der Waals surface area contributed by atoms with Crippen molar-refractivity contribution in [1.82, 2.24) is 19.5 Å². The van der Waals surface area contributed by atoms with Gasteiger partial charge in [-0.25, -0.2) is 9.97 Å². The van der Waals surface area contributed by atoms with Gasteiger partial charge in [0.25, 0.3) is 0 Å². The van der Waals surface area contributed by atoms with Gasteiger partial charge in [-0.1, -0.05) is 31.6 Å². The van der Waals surface area contributed by atoms with Crippen LogP contribution in [-0.4, -0.2) is 53.3 Å². The van der Waals surface area contributed by atoms with Crippen molar-refractivity contribution in [3.05, 3.63) is 6.33 Å². The Morgan fingerprint density at radius 2 is 2.17 bits per heavy atom. The molecular weight excluding hydrogens is 350 g/mol. The summed E-state index contributed by atoms with van der Waals surface area (Å²) >= 11 is 0. The van der Waals surface area contributed by atoms with Crippen molar-refractivity contribution in [3.63, 3.8) is 0 Å². The molecule has 0 aliphatic carbocycles. The third-order valence-corrected chi connectivity index (χ3v) is 6.72. The Hall–Kier alpha value is -1.07. The van der Waals surface area contributed by atoms with Crippen molar-refractivity contribution in [2.45, 2.75) is 55.4 Å². The van der Waals surface area contributed by atoms with Gasteiger partial charge in [0.05, 0.1) is 19.0 Å². The van der Waals surface area contributed by atoms with Crippen LogP contribution in [0.25, 0.3) is 11.2 Å². The molecule has 2 unspecified atom stereocenters. The zero-order valence-electron chi connectivity index (χ0n) is 13.7. The number of fused-ring (bicyclic) bond motifs is 1. The average molecular weight is 371 g/mol. The number of hydrogen-bond donors (Lipinski definition) is 3. The summed E-state index contributed by atoms with van der Waals surface area (Å²) in [5.41, 5.74) is 7.07. The molecule has 0 aromatic carbocycles.